The van der Waals surface area contributed by atoms with Gasteiger partial charge in [-0.2, -0.15) is 0 Å². The lowest BCUT2D eigenvalue weighted by Gasteiger charge is -2.43. The van der Waals surface area contributed by atoms with Crippen LogP contribution in [0.1, 0.15) is 96.8 Å². The van der Waals surface area contributed by atoms with E-state index in [9.17, 15) is 13.2 Å². The summed E-state index contributed by atoms with van der Waals surface area (Å²) in [5, 5.41) is 0. The maximum atomic E-state index is 14.2. The monoisotopic (exact) mass is 344 g/mol. The van der Waals surface area contributed by atoms with E-state index >= 15 is 0 Å². The van der Waals surface area contributed by atoms with Crippen LogP contribution < -0.4 is 0 Å². The molecular weight excluding hydrogens is 309 g/mol. The molecule has 3 saturated carbocycles. The molecule has 0 radical (unpaired) electrons. The van der Waals surface area contributed by atoms with E-state index in [1.165, 1.54) is 38.5 Å². The molecule has 1 atom stereocenters. The third kappa shape index (κ3) is 4.91. The Morgan fingerprint density at radius 2 is 1.25 bits per heavy atom. The molecule has 3 aliphatic rings. The first-order chi connectivity index (χ1) is 11.3. The fourth-order valence-electron chi connectivity index (χ4n) is 5.74. The van der Waals surface area contributed by atoms with Gasteiger partial charge < -0.3 is 0 Å². The normalized spacial score (nSPS) is 37.2. The van der Waals surface area contributed by atoms with Crippen molar-refractivity contribution in [3.8, 4) is 0 Å². The second kappa shape index (κ2) is 7.58. The number of hydrogen-bond acceptors (Lipinski definition) is 0. The quantitative estimate of drug-likeness (QED) is 0.501. The Hall–Kier alpha value is -0.210. The molecule has 3 heteroatoms. The van der Waals surface area contributed by atoms with Crippen LogP contribution in [-0.2, 0) is 0 Å². The first kappa shape index (κ1) is 18.6. The highest BCUT2D eigenvalue weighted by atomic mass is 19.3. The standard InChI is InChI=1S/C21H35F3/c1-20(22)11-7-17(8-12-20)19(15-16-5-3-2-4-6-16)18-9-13-21(23,24)14-10-18/h16-19H,2-15H2,1H3. The average Bonchev–Trinajstić information content (AvgIpc) is 2.54. The minimum absolute atomic E-state index is 0.0758. The first-order valence-electron chi connectivity index (χ1n) is 10.4. The van der Waals surface area contributed by atoms with Crippen molar-refractivity contribution < 1.29 is 13.2 Å². The summed E-state index contributed by atoms with van der Waals surface area (Å²) in [6, 6.07) is 0. The van der Waals surface area contributed by atoms with E-state index in [0.717, 1.165) is 18.8 Å². The van der Waals surface area contributed by atoms with Gasteiger partial charge in [0.2, 0.25) is 5.92 Å². The maximum Gasteiger partial charge on any atom is 0.248 e. The van der Waals surface area contributed by atoms with Gasteiger partial charge in [-0.1, -0.05) is 32.1 Å². The Morgan fingerprint density at radius 3 is 1.79 bits per heavy atom. The number of rotatable bonds is 4. The molecule has 0 bridgehead atoms. The van der Waals surface area contributed by atoms with Crippen LogP contribution in [0.15, 0.2) is 0 Å². The predicted molar refractivity (Wildman–Crippen MR) is 93.1 cm³/mol. The summed E-state index contributed by atoms with van der Waals surface area (Å²) in [7, 11) is 0. The van der Waals surface area contributed by atoms with Gasteiger partial charge in [-0.25, -0.2) is 13.2 Å². The van der Waals surface area contributed by atoms with E-state index < -0.39 is 11.6 Å². The lowest BCUT2D eigenvalue weighted by atomic mass is 9.64. The van der Waals surface area contributed by atoms with Gasteiger partial charge in [-0.3, -0.25) is 0 Å². The van der Waals surface area contributed by atoms with Crippen molar-refractivity contribution >= 4 is 0 Å². The number of hydrogen-bond donors (Lipinski definition) is 0. The molecule has 3 fully saturated rings. The van der Waals surface area contributed by atoms with Gasteiger partial charge >= 0.3 is 0 Å². The van der Waals surface area contributed by atoms with Crippen LogP contribution in [-0.4, -0.2) is 11.6 Å². The summed E-state index contributed by atoms with van der Waals surface area (Å²) in [6.07, 6.45) is 12.7. The Morgan fingerprint density at radius 1 is 0.750 bits per heavy atom. The van der Waals surface area contributed by atoms with Crippen molar-refractivity contribution in [2.24, 2.45) is 23.7 Å². The van der Waals surface area contributed by atoms with Crippen LogP contribution >= 0.6 is 0 Å². The second-order valence-electron chi connectivity index (χ2n) is 9.35. The third-order valence-corrected chi connectivity index (χ3v) is 7.38. The van der Waals surface area contributed by atoms with Crippen molar-refractivity contribution in [1.82, 2.24) is 0 Å². The highest BCUT2D eigenvalue weighted by molar-refractivity contribution is 4.90. The topological polar surface area (TPSA) is 0 Å². The number of halogens is 3. The molecule has 0 aliphatic heterocycles. The van der Waals surface area contributed by atoms with Crippen molar-refractivity contribution in [3.63, 3.8) is 0 Å². The summed E-state index contributed by atoms with van der Waals surface area (Å²) in [6.45, 7) is 1.74. The van der Waals surface area contributed by atoms with Crippen LogP contribution in [0.25, 0.3) is 0 Å². The van der Waals surface area contributed by atoms with Crippen LogP contribution in [0.2, 0.25) is 0 Å². The molecule has 0 N–H and O–H groups in total. The van der Waals surface area contributed by atoms with E-state index in [1.54, 1.807) is 6.92 Å². The summed E-state index contributed by atoms with van der Waals surface area (Å²) >= 11 is 0. The summed E-state index contributed by atoms with van der Waals surface area (Å²) in [5.41, 5.74) is -0.995. The highest BCUT2D eigenvalue weighted by Gasteiger charge is 2.42. The fraction of sp³-hybridized carbons (Fsp3) is 1.00. The molecule has 0 aromatic rings. The SMILES string of the molecule is CC1(F)CCC(C(CC2CCCCC2)C2CCC(F)(F)CC2)CC1. The molecule has 24 heavy (non-hydrogen) atoms. The summed E-state index contributed by atoms with van der Waals surface area (Å²) in [4.78, 5) is 0. The largest absolute Gasteiger partial charge is 0.248 e. The molecule has 0 saturated heterocycles. The van der Waals surface area contributed by atoms with Gasteiger partial charge in [0.05, 0.1) is 0 Å². The lowest BCUT2D eigenvalue weighted by Crippen LogP contribution is -2.36. The molecule has 0 aromatic carbocycles. The molecule has 0 aromatic heterocycles. The first-order valence-corrected chi connectivity index (χ1v) is 10.4. The molecule has 140 valence electrons. The van der Waals surface area contributed by atoms with E-state index in [4.69, 9.17) is 0 Å². The Labute approximate surface area is 146 Å². The summed E-state index contributed by atoms with van der Waals surface area (Å²) in [5.74, 6) is -0.0335. The van der Waals surface area contributed by atoms with Gasteiger partial charge in [0.1, 0.15) is 5.67 Å². The van der Waals surface area contributed by atoms with Crippen molar-refractivity contribution in [3.05, 3.63) is 0 Å². The zero-order valence-corrected chi connectivity index (χ0v) is 15.3. The minimum Gasteiger partial charge on any atom is -0.244 e. The maximum absolute atomic E-state index is 14.2. The van der Waals surface area contributed by atoms with E-state index in [1.807, 2.05) is 0 Å². The minimum atomic E-state index is -2.43. The van der Waals surface area contributed by atoms with Crippen molar-refractivity contribution in [2.45, 2.75) is 108 Å². The predicted octanol–water partition coefficient (Wildman–Crippen LogP) is 7.32. The fourth-order valence-corrected chi connectivity index (χ4v) is 5.74. The second-order valence-corrected chi connectivity index (χ2v) is 9.35. The van der Waals surface area contributed by atoms with Crippen molar-refractivity contribution in [1.29, 1.82) is 0 Å². The van der Waals surface area contributed by atoms with Gasteiger partial charge in [0.25, 0.3) is 0 Å². The van der Waals surface area contributed by atoms with Gasteiger partial charge in [0, 0.05) is 12.8 Å². The molecule has 1 unspecified atom stereocenters. The van der Waals surface area contributed by atoms with Gasteiger partial charge in [-0.05, 0) is 75.5 Å². The van der Waals surface area contributed by atoms with E-state index in [-0.39, 0.29) is 12.8 Å². The van der Waals surface area contributed by atoms with Crippen LogP contribution in [0, 0.1) is 23.7 Å². The molecule has 0 heterocycles. The smallest absolute Gasteiger partial charge is 0.244 e. The highest BCUT2D eigenvalue weighted by Crippen LogP contribution is 2.49. The average molecular weight is 345 g/mol. The Kier molecular flexibility index (Phi) is 5.87. The zero-order chi connectivity index (χ0) is 17.2. The van der Waals surface area contributed by atoms with Gasteiger partial charge in [-0.15, -0.1) is 0 Å². The van der Waals surface area contributed by atoms with E-state index in [2.05, 4.69) is 0 Å². The third-order valence-electron chi connectivity index (χ3n) is 7.38. The Balaban J connectivity index is 1.64. The Bertz CT molecular complexity index is 350. The van der Waals surface area contributed by atoms with Gasteiger partial charge in [0.15, 0.2) is 0 Å². The van der Waals surface area contributed by atoms with Crippen LogP contribution in [0.5, 0.6) is 0 Å². The molecule has 3 rings (SSSR count). The lowest BCUT2D eigenvalue weighted by molar-refractivity contribution is -0.0611. The zero-order valence-electron chi connectivity index (χ0n) is 15.3. The van der Waals surface area contributed by atoms with Crippen LogP contribution in [0.3, 0.4) is 0 Å². The van der Waals surface area contributed by atoms with E-state index in [0.29, 0.717) is 43.4 Å². The molecule has 0 nitrogen and oxygen atoms in total. The molecule has 0 amide bonds. The molecule has 3 aliphatic carbocycles. The van der Waals surface area contributed by atoms with Crippen LogP contribution in [0.4, 0.5) is 13.2 Å². The molecule has 0 spiro atoms. The number of alkyl halides is 3. The van der Waals surface area contributed by atoms with Crippen molar-refractivity contribution in [2.75, 3.05) is 0 Å². The summed E-state index contributed by atoms with van der Waals surface area (Å²) < 4.78 is 41.4. The molecular formula is C21H35F3.